The lowest BCUT2D eigenvalue weighted by Gasteiger charge is -2.35. The van der Waals surface area contributed by atoms with Crippen LogP contribution in [0.4, 0.5) is 0 Å². The van der Waals surface area contributed by atoms with Gasteiger partial charge in [-0.2, -0.15) is 0 Å². The third-order valence-electron chi connectivity index (χ3n) is 5.25. The first-order valence-corrected chi connectivity index (χ1v) is 11.9. The Morgan fingerprint density at radius 3 is 2.50 bits per heavy atom. The number of sulfonamides is 1. The molecule has 1 atom stereocenters. The Morgan fingerprint density at radius 1 is 1.00 bits per heavy atom. The first kappa shape index (κ1) is 21.4. The van der Waals surface area contributed by atoms with Gasteiger partial charge in [-0.05, 0) is 23.8 Å². The minimum atomic E-state index is -3.75. The van der Waals surface area contributed by atoms with Gasteiger partial charge in [0.2, 0.25) is 10.0 Å². The van der Waals surface area contributed by atoms with Crippen molar-refractivity contribution in [3.63, 3.8) is 0 Å². The molecule has 2 aliphatic rings. The zero-order valence-electron chi connectivity index (χ0n) is 16.6. The molecule has 162 valence electrons. The van der Waals surface area contributed by atoms with E-state index in [2.05, 4.69) is 9.62 Å². The van der Waals surface area contributed by atoms with Crippen molar-refractivity contribution in [3.05, 3.63) is 53.1 Å². The molecular formula is C21H25ClN2O5S. The van der Waals surface area contributed by atoms with E-state index < -0.39 is 10.0 Å². The summed E-state index contributed by atoms with van der Waals surface area (Å²) in [6, 6.07) is 12.0. The van der Waals surface area contributed by atoms with Crippen molar-refractivity contribution < 1.29 is 22.6 Å². The van der Waals surface area contributed by atoms with E-state index in [9.17, 15) is 8.42 Å². The van der Waals surface area contributed by atoms with Crippen molar-refractivity contribution in [1.82, 2.24) is 9.62 Å². The van der Waals surface area contributed by atoms with Gasteiger partial charge in [-0.25, -0.2) is 13.1 Å². The van der Waals surface area contributed by atoms with Crippen LogP contribution in [-0.4, -0.2) is 59.4 Å². The van der Waals surface area contributed by atoms with E-state index in [1.165, 1.54) is 12.1 Å². The van der Waals surface area contributed by atoms with Crippen molar-refractivity contribution in [2.24, 2.45) is 0 Å². The molecule has 2 aromatic carbocycles. The Balaban J connectivity index is 1.55. The quantitative estimate of drug-likeness (QED) is 0.726. The van der Waals surface area contributed by atoms with E-state index >= 15 is 0 Å². The minimum Gasteiger partial charge on any atom is -0.490 e. The van der Waals surface area contributed by atoms with Gasteiger partial charge in [-0.3, -0.25) is 4.90 Å². The number of morpholine rings is 1. The number of hydrogen-bond donors (Lipinski definition) is 1. The highest BCUT2D eigenvalue weighted by molar-refractivity contribution is 7.89. The lowest BCUT2D eigenvalue weighted by molar-refractivity contribution is 0.0172. The van der Waals surface area contributed by atoms with Gasteiger partial charge in [-0.15, -0.1) is 0 Å². The van der Waals surface area contributed by atoms with Gasteiger partial charge in [0.15, 0.2) is 11.5 Å². The molecule has 1 fully saturated rings. The molecule has 2 aliphatic heterocycles. The number of hydrogen-bond acceptors (Lipinski definition) is 6. The predicted molar refractivity (Wildman–Crippen MR) is 114 cm³/mol. The van der Waals surface area contributed by atoms with Crippen LogP contribution in [-0.2, 0) is 14.8 Å². The number of fused-ring (bicyclic) bond motifs is 1. The number of nitrogens with one attached hydrogen (secondary N) is 1. The van der Waals surface area contributed by atoms with Gasteiger partial charge >= 0.3 is 0 Å². The first-order chi connectivity index (χ1) is 14.5. The maximum Gasteiger partial charge on any atom is 0.240 e. The second kappa shape index (κ2) is 9.53. The van der Waals surface area contributed by atoms with Crippen molar-refractivity contribution in [2.75, 3.05) is 46.1 Å². The monoisotopic (exact) mass is 452 g/mol. The number of nitrogens with zero attached hydrogens (tertiary/aromatic N) is 1. The third-order valence-corrected chi connectivity index (χ3v) is 7.01. The molecule has 2 aromatic rings. The lowest BCUT2D eigenvalue weighted by atomic mass is 10.0. The van der Waals surface area contributed by atoms with Crippen molar-refractivity contribution in [3.8, 4) is 11.5 Å². The Morgan fingerprint density at radius 2 is 1.73 bits per heavy atom. The fourth-order valence-corrected chi connectivity index (χ4v) is 4.97. The predicted octanol–water partition coefficient (Wildman–Crippen LogP) is 2.85. The molecule has 0 amide bonds. The molecule has 4 rings (SSSR count). The summed E-state index contributed by atoms with van der Waals surface area (Å²) >= 11 is 6.43. The molecule has 0 aromatic heterocycles. The van der Waals surface area contributed by atoms with Crippen LogP contribution in [0.25, 0.3) is 0 Å². The van der Waals surface area contributed by atoms with Crippen LogP contribution < -0.4 is 14.2 Å². The van der Waals surface area contributed by atoms with Crippen LogP contribution in [0.2, 0.25) is 5.02 Å². The van der Waals surface area contributed by atoms with E-state index in [0.717, 1.165) is 12.0 Å². The van der Waals surface area contributed by atoms with E-state index in [1.807, 2.05) is 24.3 Å². The molecule has 1 saturated heterocycles. The summed E-state index contributed by atoms with van der Waals surface area (Å²) < 4.78 is 45.5. The van der Waals surface area contributed by atoms with Crippen LogP contribution in [0.3, 0.4) is 0 Å². The van der Waals surface area contributed by atoms with E-state index in [1.54, 1.807) is 6.07 Å². The SMILES string of the molecule is O=S(=O)(NCC(c1ccccc1Cl)N1CCOCC1)c1ccc2c(c1)OCCCO2. The Bertz CT molecular complexity index is 979. The van der Waals surface area contributed by atoms with E-state index in [0.29, 0.717) is 56.0 Å². The standard InChI is InChI=1S/C21H25ClN2O5S/c22-18-5-2-1-4-17(18)19(24-8-12-27-13-9-24)15-23-30(25,26)16-6-7-20-21(14-16)29-11-3-10-28-20/h1-2,4-7,14,19,23H,3,8-13,15H2. The highest BCUT2D eigenvalue weighted by atomic mass is 35.5. The number of ether oxygens (including phenoxy) is 3. The van der Waals surface area contributed by atoms with Gasteiger partial charge in [0.05, 0.1) is 31.3 Å². The smallest absolute Gasteiger partial charge is 0.240 e. The lowest BCUT2D eigenvalue weighted by Crippen LogP contribution is -2.43. The summed E-state index contributed by atoms with van der Waals surface area (Å²) in [5.74, 6) is 1.01. The zero-order chi connectivity index (χ0) is 21.0. The molecule has 0 spiro atoms. The average molecular weight is 453 g/mol. The second-order valence-electron chi connectivity index (χ2n) is 7.20. The van der Waals surface area contributed by atoms with Crippen molar-refractivity contribution >= 4 is 21.6 Å². The number of benzene rings is 2. The van der Waals surface area contributed by atoms with E-state index in [4.69, 9.17) is 25.8 Å². The Hall–Kier alpha value is -1.84. The molecule has 1 unspecified atom stereocenters. The molecule has 30 heavy (non-hydrogen) atoms. The van der Waals surface area contributed by atoms with Gasteiger partial charge < -0.3 is 14.2 Å². The largest absolute Gasteiger partial charge is 0.490 e. The van der Waals surface area contributed by atoms with Crippen LogP contribution in [0.15, 0.2) is 47.4 Å². The Kier molecular flexibility index (Phi) is 6.80. The molecular weight excluding hydrogens is 428 g/mol. The van der Waals surface area contributed by atoms with Crippen LogP contribution in [0, 0.1) is 0 Å². The maximum absolute atomic E-state index is 13.0. The van der Waals surface area contributed by atoms with Gasteiger partial charge in [0.1, 0.15) is 0 Å². The molecule has 7 nitrogen and oxygen atoms in total. The van der Waals surface area contributed by atoms with Crippen LogP contribution in [0.5, 0.6) is 11.5 Å². The second-order valence-corrected chi connectivity index (χ2v) is 9.37. The number of halogens is 1. The highest BCUT2D eigenvalue weighted by Crippen LogP contribution is 2.32. The normalized spacial score (nSPS) is 18.6. The zero-order valence-corrected chi connectivity index (χ0v) is 18.1. The Labute approximate surface area is 181 Å². The van der Waals surface area contributed by atoms with Crippen LogP contribution >= 0.6 is 11.6 Å². The van der Waals surface area contributed by atoms with Crippen LogP contribution in [0.1, 0.15) is 18.0 Å². The molecule has 0 radical (unpaired) electrons. The topological polar surface area (TPSA) is 77.1 Å². The fraction of sp³-hybridized carbons (Fsp3) is 0.429. The molecule has 0 bridgehead atoms. The molecule has 9 heteroatoms. The van der Waals surface area contributed by atoms with Gasteiger partial charge in [0.25, 0.3) is 0 Å². The summed E-state index contributed by atoms with van der Waals surface area (Å²) in [4.78, 5) is 2.34. The molecule has 2 heterocycles. The van der Waals surface area contributed by atoms with Crippen molar-refractivity contribution in [2.45, 2.75) is 17.4 Å². The van der Waals surface area contributed by atoms with E-state index in [-0.39, 0.29) is 17.5 Å². The molecule has 1 N–H and O–H groups in total. The summed E-state index contributed by atoms with van der Waals surface area (Å²) in [5, 5.41) is 0.615. The average Bonchev–Trinajstić information content (AvgIpc) is 3.01. The summed E-state index contributed by atoms with van der Waals surface area (Å²) in [5.41, 5.74) is 0.891. The summed E-state index contributed by atoms with van der Waals surface area (Å²) in [7, 11) is -3.75. The summed E-state index contributed by atoms with van der Waals surface area (Å²) in [6.45, 7) is 3.88. The minimum absolute atomic E-state index is 0.145. The first-order valence-electron chi connectivity index (χ1n) is 10.0. The highest BCUT2D eigenvalue weighted by Gasteiger charge is 2.27. The van der Waals surface area contributed by atoms with Gasteiger partial charge in [-0.1, -0.05) is 29.8 Å². The number of rotatable bonds is 6. The third kappa shape index (κ3) is 4.90. The molecule has 0 saturated carbocycles. The maximum atomic E-state index is 13.0. The molecule has 0 aliphatic carbocycles. The van der Waals surface area contributed by atoms with Gasteiger partial charge in [0, 0.05) is 43.2 Å². The van der Waals surface area contributed by atoms with Crippen molar-refractivity contribution in [1.29, 1.82) is 0 Å². The summed E-state index contributed by atoms with van der Waals surface area (Å²) in [6.07, 6.45) is 0.758. The fourth-order valence-electron chi connectivity index (χ4n) is 3.65.